The fraction of sp³-hybridized carbons (Fsp3) is 0.625. The third-order valence-electron chi connectivity index (χ3n) is 4.67. The highest BCUT2D eigenvalue weighted by molar-refractivity contribution is 7.86. The van der Waals surface area contributed by atoms with E-state index in [0.29, 0.717) is 0 Å². The minimum absolute atomic E-state index is 0.0110. The van der Waals surface area contributed by atoms with Gasteiger partial charge in [0.2, 0.25) is 0 Å². The lowest BCUT2D eigenvalue weighted by molar-refractivity contribution is 0.483. The molecule has 1 aromatic carbocycles. The molecular weight excluding hydrogens is 300 g/mol. The predicted octanol–water partition coefficient (Wildman–Crippen LogP) is 3.95. The van der Waals surface area contributed by atoms with Crippen LogP contribution >= 0.6 is 0 Å². The van der Waals surface area contributed by atoms with Crippen molar-refractivity contribution in [1.82, 2.24) is 0 Å². The van der Waals surface area contributed by atoms with Gasteiger partial charge < -0.3 is 0 Å². The second-order valence-corrected chi connectivity index (χ2v) is 15.0. The summed E-state index contributed by atoms with van der Waals surface area (Å²) in [6.07, 6.45) is 0. The summed E-state index contributed by atoms with van der Waals surface area (Å²) in [5.74, 6) is 0. The van der Waals surface area contributed by atoms with Gasteiger partial charge in [-0.2, -0.15) is 8.42 Å². The van der Waals surface area contributed by atoms with Gasteiger partial charge in [0.05, 0.1) is 13.0 Å². The van der Waals surface area contributed by atoms with Crippen molar-refractivity contribution in [3.63, 3.8) is 0 Å². The van der Waals surface area contributed by atoms with E-state index in [4.69, 9.17) is 0 Å². The van der Waals surface area contributed by atoms with E-state index in [-0.39, 0.29) is 15.3 Å². The zero-order valence-corrected chi connectivity index (χ0v) is 16.2. The van der Waals surface area contributed by atoms with Gasteiger partial charge in [-0.25, -0.2) is 0 Å². The smallest absolute Gasteiger partial charge is 0.282 e. The van der Waals surface area contributed by atoms with Crippen molar-refractivity contribution in [2.45, 2.75) is 70.0 Å². The maximum absolute atomic E-state index is 11.8. The van der Waals surface area contributed by atoms with Gasteiger partial charge in [-0.05, 0) is 27.3 Å². The van der Waals surface area contributed by atoms with Crippen LogP contribution in [0.25, 0.3) is 0 Å². The first-order valence-corrected chi connectivity index (χ1v) is 11.6. The molecule has 0 saturated heterocycles. The summed E-state index contributed by atoms with van der Waals surface area (Å²) in [5, 5.41) is 0.799. The maximum Gasteiger partial charge on any atom is 0.294 e. The van der Waals surface area contributed by atoms with Gasteiger partial charge in [0.15, 0.2) is 0 Å². The molecule has 5 heteroatoms. The first kappa shape index (κ1) is 18.4. The molecule has 0 aliphatic carbocycles. The van der Waals surface area contributed by atoms with E-state index in [1.807, 2.05) is 6.07 Å². The van der Waals surface area contributed by atoms with Crippen LogP contribution in [-0.4, -0.2) is 21.0 Å². The lowest BCUT2D eigenvalue weighted by Crippen LogP contribution is -2.51. The van der Waals surface area contributed by atoms with Gasteiger partial charge in [-0.1, -0.05) is 66.8 Å². The molecule has 0 fully saturated rings. The molecule has 0 saturated carbocycles. The second kappa shape index (κ2) is 5.21. The maximum atomic E-state index is 11.8. The molecule has 1 N–H and O–H groups in total. The van der Waals surface area contributed by atoms with Crippen molar-refractivity contribution in [3.05, 3.63) is 23.8 Å². The van der Waals surface area contributed by atoms with Gasteiger partial charge in [0.25, 0.3) is 10.1 Å². The van der Waals surface area contributed by atoms with E-state index in [2.05, 4.69) is 54.6 Å². The largest absolute Gasteiger partial charge is 0.294 e. The summed E-state index contributed by atoms with van der Waals surface area (Å²) in [5.41, 5.74) is 1.03. The topological polar surface area (TPSA) is 54.4 Å². The molecule has 0 spiro atoms. The molecule has 0 heterocycles. The normalized spacial score (nSPS) is 14.3. The Kier molecular flexibility index (Phi) is 4.57. The molecule has 0 aliphatic rings. The van der Waals surface area contributed by atoms with Crippen LogP contribution in [0.2, 0.25) is 18.1 Å². The Labute approximate surface area is 130 Å². The molecule has 3 nitrogen and oxygen atoms in total. The average molecular weight is 329 g/mol. The second-order valence-electron chi connectivity index (χ2n) is 8.31. The van der Waals surface area contributed by atoms with Crippen molar-refractivity contribution < 1.29 is 13.0 Å². The van der Waals surface area contributed by atoms with E-state index >= 15 is 0 Å². The Hall–Kier alpha value is -0.653. The van der Waals surface area contributed by atoms with Gasteiger partial charge in [0, 0.05) is 0 Å². The van der Waals surface area contributed by atoms with Crippen LogP contribution in [0.5, 0.6) is 0 Å². The van der Waals surface area contributed by atoms with Gasteiger partial charge in [-0.15, -0.1) is 0 Å². The molecule has 1 rings (SSSR count). The van der Waals surface area contributed by atoms with Crippen LogP contribution in [0.15, 0.2) is 23.1 Å². The quantitative estimate of drug-likeness (QED) is 0.660. The number of hydrogen-bond donors (Lipinski definition) is 1. The van der Waals surface area contributed by atoms with Crippen molar-refractivity contribution in [2.75, 3.05) is 0 Å². The third kappa shape index (κ3) is 3.76. The Morgan fingerprint density at radius 3 is 1.81 bits per heavy atom. The monoisotopic (exact) mass is 328 g/mol. The fourth-order valence-corrected chi connectivity index (χ4v) is 5.87. The van der Waals surface area contributed by atoms with Crippen LogP contribution < -0.4 is 5.19 Å². The van der Waals surface area contributed by atoms with Crippen LogP contribution in [0.4, 0.5) is 0 Å². The molecule has 0 radical (unpaired) electrons. The van der Waals surface area contributed by atoms with Crippen molar-refractivity contribution in [2.24, 2.45) is 0 Å². The Balaban J connectivity index is 3.75. The van der Waals surface area contributed by atoms with Crippen LogP contribution in [0.3, 0.4) is 0 Å². The summed E-state index contributed by atoms with van der Waals surface area (Å²) < 4.78 is 33.1. The summed E-state index contributed by atoms with van der Waals surface area (Å²) in [7, 11) is -6.29. The Morgan fingerprint density at radius 2 is 1.48 bits per heavy atom. The molecule has 0 aromatic heterocycles. The summed E-state index contributed by atoms with van der Waals surface area (Å²) in [4.78, 5) is 0.0714. The van der Waals surface area contributed by atoms with E-state index in [1.54, 1.807) is 12.1 Å². The van der Waals surface area contributed by atoms with Crippen LogP contribution in [0.1, 0.15) is 47.1 Å². The fourth-order valence-electron chi connectivity index (χ4n) is 2.11. The summed E-state index contributed by atoms with van der Waals surface area (Å²) >= 11 is 0. The van der Waals surface area contributed by atoms with Crippen molar-refractivity contribution in [1.29, 1.82) is 0 Å². The molecule has 0 aliphatic heterocycles. The predicted molar refractivity (Wildman–Crippen MR) is 91.8 cm³/mol. The summed E-state index contributed by atoms with van der Waals surface area (Å²) in [6.45, 7) is 17.0. The summed E-state index contributed by atoms with van der Waals surface area (Å²) in [6, 6.07) is 5.35. The number of hydrogen-bond acceptors (Lipinski definition) is 2. The number of benzene rings is 1. The molecule has 1 aromatic rings. The molecule has 120 valence electrons. The van der Waals surface area contributed by atoms with E-state index < -0.39 is 18.2 Å². The lowest BCUT2D eigenvalue weighted by Gasteiger charge is -2.39. The molecule has 0 unspecified atom stereocenters. The molecule has 0 amide bonds. The molecule has 0 bridgehead atoms. The SMILES string of the molecule is CC(C)(C)c1ccc(S(=O)(=O)O)c([Si](C)(C)C(C)(C)C)c1. The minimum Gasteiger partial charge on any atom is -0.282 e. The van der Waals surface area contributed by atoms with E-state index in [1.165, 1.54) is 0 Å². The lowest BCUT2D eigenvalue weighted by atomic mass is 9.87. The first-order valence-electron chi connectivity index (χ1n) is 7.21. The van der Waals surface area contributed by atoms with Crippen LogP contribution in [-0.2, 0) is 15.5 Å². The highest BCUT2D eigenvalue weighted by atomic mass is 32.2. The average Bonchev–Trinajstić information content (AvgIpc) is 2.24. The van der Waals surface area contributed by atoms with Crippen molar-refractivity contribution in [3.8, 4) is 0 Å². The van der Waals surface area contributed by atoms with E-state index in [9.17, 15) is 13.0 Å². The first-order chi connectivity index (χ1) is 9.08. The van der Waals surface area contributed by atoms with Gasteiger partial charge in [-0.3, -0.25) is 4.55 Å². The zero-order chi connectivity index (χ0) is 16.9. The third-order valence-corrected chi connectivity index (χ3v) is 11.3. The van der Waals surface area contributed by atoms with Gasteiger partial charge in [0.1, 0.15) is 0 Å². The Bertz CT molecular complexity index is 632. The highest BCUT2D eigenvalue weighted by Gasteiger charge is 2.40. The standard InChI is InChI=1S/C16H28O3SSi/c1-15(2,3)12-9-10-13(20(17,18)19)14(11-12)21(7,8)16(4,5)6/h9-11H,1-8H3,(H,17,18,19). The van der Waals surface area contributed by atoms with Crippen molar-refractivity contribution >= 4 is 23.4 Å². The minimum atomic E-state index is -4.20. The molecule has 21 heavy (non-hydrogen) atoms. The molecule has 0 atom stereocenters. The van der Waals surface area contributed by atoms with E-state index in [0.717, 1.165) is 10.8 Å². The zero-order valence-electron chi connectivity index (χ0n) is 14.4. The van der Waals surface area contributed by atoms with Gasteiger partial charge >= 0.3 is 0 Å². The van der Waals surface area contributed by atoms with Crippen LogP contribution in [0, 0.1) is 0 Å². The number of rotatable bonds is 2. The molecular formula is C16H28O3SSi. The highest BCUT2D eigenvalue weighted by Crippen LogP contribution is 2.37. The Morgan fingerprint density at radius 1 is 1.00 bits per heavy atom.